The number of pyridine rings is 1. The molecule has 0 radical (unpaired) electrons. The molecule has 5 heteroatoms. The van der Waals surface area contributed by atoms with Crippen molar-refractivity contribution in [3.8, 4) is 0 Å². The van der Waals surface area contributed by atoms with Crippen LogP contribution >= 0.6 is 0 Å². The van der Waals surface area contributed by atoms with E-state index in [4.69, 9.17) is 5.11 Å². The van der Waals surface area contributed by atoms with Crippen molar-refractivity contribution in [3.63, 3.8) is 0 Å². The normalized spacial score (nSPS) is 10.0. The van der Waals surface area contributed by atoms with Crippen molar-refractivity contribution in [2.75, 3.05) is 5.32 Å². The lowest BCUT2D eigenvalue weighted by atomic mass is 10.2. The molecule has 0 aliphatic heterocycles. The van der Waals surface area contributed by atoms with Crippen molar-refractivity contribution >= 4 is 28.5 Å². The maximum atomic E-state index is 10.9. The van der Waals surface area contributed by atoms with Gasteiger partial charge in [0.05, 0.1) is 17.4 Å². The van der Waals surface area contributed by atoms with Gasteiger partial charge in [-0.2, -0.15) is 0 Å². The van der Waals surface area contributed by atoms with Gasteiger partial charge >= 0.3 is 11.9 Å². The Balaban J connectivity index is 2.33. The third-order valence-corrected chi connectivity index (χ3v) is 2.04. The van der Waals surface area contributed by atoms with Gasteiger partial charge in [-0.25, -0.2) is 4.79 Å². The van der Waals surface area contributed by atoms with E-state index in [0.717, 1.165) is 10.9 Å². The zero-order chi connectivity index (χ0) is 11.5. The Kier molecular flexibility index (Phi) is 2.51. The monoisotopic (exact) mass is 216 g/mol. The highest BCUT2D eigenvalue weighted by molar-refractivity contribution is 6.36. The number of benzene rings is 1. The fourth-order valence-electron chi connectivity index (χ4n) is 1.32. The number of aromatic nitrogens is 1. The van der Waals surface area contributed by atoms with Gasteiger partial charge in [-0.1, -0.05) is 18.2 Å². The minimum atomic E-state index is -1.52. The number of nitrogens with one attached hydrogen (secondary N) is 1. The van der Waals surface area contributed by atoms with E-state index in [0.29, 0.717) is 5.69 Å². The van der Waals surface area contributed by atoms with Gasteiger partial charge in [0.2, 0.25) is 0 Å². The highest BCUT2D eigenvalue weighted by Gasteiger charge is 2.11. The molecule has 2 rings (SSSR count). The van der Waals surface area contributed by atoms with Crippen LogP contribution in [0.25, 0.3) is 10.9 Å². The lowest BCUT2D eigenvalue weighted by Gasteiger charge is -2.02. The molecule has 1 heterocycles. The number of hydrogen-bond donors (Lipinski definition) is 2. The van der Waals surface area contributed by atoms with Gasteiger partial charge in [0, 0.05) is 5.39 Å². The molecule has 0 saturated carbocycles. The zero-order valence-corrected chi connectivity index (χ0v) is 8.18. The molecule has 2 aromatic rings. The van der Waals surface area contributed by atoms with E-state index < -0.39 is 11.9 Å². The van der Waals surface area contributed by atoms with E-state index in [9.17, 15) is 9.59 Å². The summed E-state index contributed by atoms with van der Waals surface area (Å²) in [5, 5.41) is 11.5. The van der Waals surface area contributed by atoms with E-state index in [2.05, 4.69) is 10.3 Å². The molecule has 2 N–H and O–H groups in total. The number of rotatable bonds is 1. The number of aliphatic carboxylic acids is 1. The van der Waals surface area contributed by atoms with Crippen LogP contribution in [0.15, 0.2) is 36.5 Å². The minimum Gasteiger partial charge on any atom is -0.474 e. The average molecular weight is 216 g/mol. The van der Waals surface area contributed by atoms with Crippen molar-refractivity contribution in [1.29, 1.82) is 0 Å². The number of anilines is 1. The summed E-state index contributed by atoms with van der Waals surface area (Å²) in [4.78, 5) is 25.3. The fourth-order valence-corrected chi connectivity index (χ4v) is 1.32. The lowest BCUT2D eigenvalue weighted by Crippen LogP contribution is -2.21. The number of carboxylic acids is 1. The first-order valence-electron chi connectivity index (χ1n) is 4.56. The van der Waals surface area contributed by atoms with Gasteiger partial charge < -0.3 is 10.4 Å². The second kappa shape index (κ2) is 3.98. The molecule has 1 amide bonds. The minimum absolute atomic E-state index is 0.367. The first-order chi connectivity index (χ1) is 7.66. The molecule has 0 atom stereocenters. The highest BCUT2D eigenvalue weighted by Crippen LogP contribution is 2.15. The molecule has 1 aromatic heterocycles. The Morgan fingerprint density at radius 2 is 2.00 bits per heavy atom. The van der Waals surface area contributed by atoms with Gasteiger partial charge in [-0.15, -0.1) is 0 Å². The number of carbonyl (C=O) groups excluding carboxylic acids is 1. The van der Waals surface area contributed by atoms with E-state index in [-0.39, 0.29) is 0 Å². The Morgan fingerprint density at radius 3 is 2.75 bits per heavy atom. The van der Waals surface area contributed by atoms with Gasteiger partial charge in [0.1, 0.15) is 0 Å². The molecule has 0 bridgehead atoms. The van der Waals surface area contributed by atoms with E-state index in [1.807, 2.05) is 24.3 Å². The maximum absolute atomic E-state index is 10.9. The van der Waals surface area contributed by atoms with Crippen molar-refractivity contribution in [2.24, 2.45) is 0 Å². The largest absolute Gasteiger partial charge is 0.474 e. The van der Waals surface area contributed by atoms with Crippen LogP contribution in [0.4, 0.5) is 5.69 Å². The number of nitrogens with zero attached hydrogens (tertiary/aromatic N) is 1. The molecule has 0 fully saturated rings. The van der Waals surface area contributed by atoms with Gasteiger partial charge in [-0.3, -0.25) is 9.78 Å². The Labute approximate surface area is 90.7 Å². The van der Waals surface area contributed by atoms with Crippen LogP contribution < -0.4 is 5.32 Å². The molecule has 0 unspecified atom stereocenters. The molecular weight excluding hydrogens is 208 g/mol. The smallest absolute Gasteiger partial charge is 0.394 e. The van der Waals surface area contributed by atoms with Crippen LogP contribution in [0.2, 0.25) is 0 Å². The molecule has 1 aromatic carbocycles. The van der Waals surface area contributed by atoms with Gasteiger partial charge in [0.25, 0.3) is 0 Å². The van der Waals surface area contributed by atoms with Crippen molar-refractivity contribution < 1.29 is 14.7 Å². The highest BCUT2D eigenvalue weighted by atomic mass is 16.4. The van der Waals surface area contributed by atoms with Crippen LogP contribution in [0, 0.1) is 0 Å². The number of carbonyl (C=O) groups is 2. The summed E-state index contributed by atoms with van der Waals surface area (Å²) in [6, 6.07) is 9.03. The molecule has 0 spiro atoms. The third-order valence-electron chi connectivity index (χ3n) is 2.04. The summed E-state index contributed by atoms with van der Waals surface area (Å²) < 4.78 is 0. The molecule has 0 saturated heterocycles. The van der Waals surface area contributed by atoms with Crippen LogP contribution in [-0.2, 0) is 9.59 Å². The molecule has 0 aliphatic rings. The van der Waals surface area contributed by atoms with Crippen molar-refractivity contribution in [3.05, 3.63) is 36.5 Å². The summed E-state index contributed by atoms with van der Waals surface area (Å²) in [7, 11) is 0. The summed E-state index contributed by atoms with van der Waals surface area (Å²) in [5.74, 6) is -2.59. The van der Waals surface area contributed by atoms with Crippen LogP contribution in [-0.4, -0.2) is 22.0 Å². The van der Waals surface area contributed by atoms with Crippen molar-refractivity contribution in [2.45, 2.75) is 0 Å². The Hall–Kier alpha value is -2.43. The zero-order valence-electron chi connectivity index (χ0n) is 8.18. The molecule has 5 nitrogen and oxygen atoms in total. The van der Waals surface area contributed by atoms with Gasteiger partial charge in [0.15, 0.2) is 0 Å². The molecule has 0 aliphatic carbocycles. The standard InChI is InChI=1S/C11H8N2O3/c14-10(11(15)16)13-8-5-7-3-1-2-4-9(7)12-6-8/h1-6H,(H,13,14)(H,15,16). The van der Waals surface area contributed by atoms with Crippen LogP contribution in [0.5, 0.6) is 0 Å². The molecule has 16 heavy (non-hydrogen) atoms. The molecular formula is C11H8N2O3. The second-order valence-corrected chi connectivity index (χ2v) is 3.18. The van der Waals surface area contributed by atoms with Gasteiger partial charge in [-0.05, 0) is 12.1 Å². The van der Waals surface area contributed by atoms with Crippen LogP contribution in [0.3, 0.4) is 0 Å². The van der Waals surface area contributed by atoms with Crippen molar-refractivity contribution in [1.82, 2.24) is 4.98 Å². The average Bonchev–Trinajstić information content (AvgIpc) is 2.28. The Morgan fingerprint density at radius 1 is 1.25 bits per heavy atom. The van der Waals surface area contributed by atoms with E-state index >= 15 is 0 Å². The fraction of sp³-hybridized carbons (Fsp3) is 0. The predicted molar refractivity (Wildman–Crippen MR) is 58.0 cm³/mol. The summed E-state index contributed by atoms with van der Waals surface area (Å²) in [6.45, 7) is 0. The first-order valence-corrected chi connectivity index (χ1v) is 4.56. The van der Waals surface area contributed by atoms with E-state index in [1.165, 1.54) is 6.20 Å². The second-order valence-electron chi connectivity index (χ2n) is 3.18. The Bertz CT molecular complexity index is 566. The SMILES string of the molecule is O=C(O)C(=O)Nc1cnc2ccccc2c1. The first kappa shape index (κ1) is 10.1. The number of amides is 1. The summed E-state index contributed by atoms with van der Waals surface area (Å²) in [6.07, 6.45) is 1.42. The molecule has 80 valence electrons. The lowest BCUT2D eigenvalue weighted by molar-refractivity contribution is -0.147. The quantitative estimate of drug-likeness (QED) is 0.703. The van der Waals surface area contributed by atoms with Crippen LogP contribution in [0.1, 0.15) is 0 Å². The number of carboxylic acid groups (broad SMARTS) is 1. The summed E-state index contributed by atoms with van der Waals surface area (Å²) >= 11 is 0. The summed E-state index contributed by atoms with van der Waals surface area (Å²) in [5.41, 5.74) is 1.15. The third kappa shape index (κ3) is 1.98. The number of hydrogen-bond acceptors (Lipinski definition) is 3. The topological polar surface area (TPSA) is 79.3 Å². The van der Waals surface area contributed by atoms with E-state index in [1.54, 1.807) is 6.07 Å². The number of fused-ring (bicyclic) bond motifs is 1. The number of para-hydroxylation sites is 1. The maximum Gasteiger partial charge on any atom is 0.394 e. The predicted octanol–water partition coefficient (Wildman–Crippen LogP) is 1.26.